The van der Waals surface area contributed by atoms with E-state index in [1.807, 2.05) is 0 Å². The minimum absolute atomic E-state index is 0.0551. The van der Waals surface area contributed by atoms with Crippen molar-refractivity contribution in [2.24, 2.45) is 0 Å². The monoisotopic (exact) mass is 500 g/mol. The van der Waals surface area contributed by atoms with Crippen LogP contribution in [0, 0.1) is 0 Å². The van der Waals surface area contributed by atoms with Gasteiger partial charge in [-0.15, -0.1) is 0 Å². The number of aliphatic carboxylic acids is 1. The average Bonchev–Trinajstić information content (AvgIpc) is 2.77. The molecule has 3 aromatic rings. The van der Waals surface area contributed by atoms with Crippen LogP contribution in [0.15, 0.2) is 51.9 Å². The maximum absolute atomic E-state index is 12.5. The fraction of sp³-hybridized carbons (Fsp3) is 0.174. The molecule has 0 atom stereocenters. The summed E-state index contributed by atoms with van der Waals surface area (Å²) in [6, 6.07) is 6.39. The first kappa shape index (κ1) is 23.5. The van der Waals surface area contributed by atoms with Gasteiger partial charge in [-0.3, -0.25) is 19.4 Å². The number of pyridine rings is 1. The third-order valence-electron chi connectivity index (χ3n) is 5.41. The molecule has 0 bridgehead atoms. The minimum atomic E-state index is -1.30. The smallest absolute Gasteiger partial charge is 0.352 e. The van der Waals surface area contributed by atoms with Crippen LogP contribution >= 0.6 is 23.2 Å². The average molecular weight is 501 g/mol. The summed E-state index contributed by atoms with van der Waals surface area (Å²) in [6.45, 7) is 0. The third-order valence-corrected chi connectivity index (χ3v) is 5.99. The van der Waals surface area contributed by atoms with E-state index < -0.39 is 22.7 Å². The van der Waals surface area contributed by atoms with Crippen molar-refractivity contribution in [3.8, 4) is 0 Å². The Morgan fingerprint density at radius 2 is 1.59 bits per heavy atom. The van der Waals surface area contributed by atoms with Crippen LogP contribution in [-0.2, 0) is 4.79 Å². The molecule has 0 saturated heterocycles. The molecule has 9 nitrogen and oxygen atoms in total. The second kappa shape index (κ2) is 9.66. The minimum Gasteiger partial charge on any atom is -0.477 e. The number of carbonyl (C=O) groups is 2. The van der Waals surface area contributed by atoms with Crippen LogP contribution in [0.5, 0.6) is 0 Å². The molecular formula is C23H18Cl2N4O5. The van der Waals surface area contributed by atoms with E-state index in [1.165, 1.54) is 18.5 Å². The summed E-state index contributed by atoms with van der Waals surface area (Å²) in [4.78, 5) is 51.9. The maximum Gasteiger partial charge on any atom is 0.352 e. The van der Waals surface area contributed by atoms with Crippen LogP contribution in [0.4, 0.5) is 17.1 Å². The zero-order valence-electron chi connectivity index (χ0n) is 17.5. The molecule has 4 rings (SSSR count). The number of halogens is 2. The van der Waals surface area contributed by atoms with Crippen LogP contribution in [0.3, 0.4) is 0 Å². The third kappa shape index (κ3) is 4.80. The number of carbonyl (C=O) groups excluding carboxylic acids is 1. The Morgan fingerprint density at radius 3 is 2.15 bits per heavy atom. The number of anilines is 3. The van der Waals surface area contributed by atoms with Gasteiger partial charge in [0.25, 0.3) is 16.8 Å². The predicted octanol–water partition coefficient (Wildman–Crippen LogP) is 3.74. The quantitative estimate of drug-likeness (QED) is 0.271. The summed E-state index contributed by atoms with van der Waals surface area (Å²) in [6.07, 6.45) is 6.74. The molecule has 1 amide bonds. The molecule has 1 heterocycles. The molecule has 4 N–H and O–H groups in total. The number of rotatable bonds is 8. The highest BCUT2D eigenvalue weighted by Crippen LogP contribution is 2.27. The fourth-order valence-corrected chi connectivity index (χ4v) is 3.88. The molecule has 0 unspecified atom stereocenters. The van der Waals surface area contributed by atoms with Gasteiger partial charge in [-0.25, -0.2) is 4.79 Å². The molecular weight excluding hydrogens is 483 g/mol. The van der Waals surface area contributed by atoms with Gasteiger partial charge in [0.05, 0.1) is 15.6 Å². The SMILES string of the molecule is O=C(O)C(=Cc1ccc(NC(=O)c2c(Cl)cncc2Cl)cc1)Nc1c(NC2CCC2)c(=O)c1=O. The van der Waals surface area contributed by atoms with E-state index >= 15 is 0 Å². The zero-order valence-corrected chi connectivity index (χ0v) is 19.0. The largest absolute Gasteiger partial charge is 0.477 e. The number of carboxylic acid groups (broad SMARTS) is 1. The van der Waals surface area contributed by atoms with Crippen molar-refractivity contribution in [1.29, 1.82) is 0 Å². The zero-order chi connectivity index (χ0) is 24.4. The molecule has 1 aromatic heterocycles. The molecule has 1 aliphatic rings. The molecule has 0 radical (unpaired) electrons. The normalized spacial score (nSPS) is 13.9. The van der Waals surface area contributed by atoms with Crippen LogP contribution in [-0.4, -0.2) is 28.0 Å². The first-order valence-corrected chi connectivity index (χ1v) is 11.0. The van der Waals surface area contributed by atoms with E-state index in [1.54, 1.807) is 24.3 Å². The molecule has 2 aromatic carbocycles. The van der Waals surface area contributed by atoms with Crippen LogP contribution in [0.1, 0.15) is 35.2 Å². The number of benzene rings is 1. The molecule has 0 aliphatic heterocycles. The lowest BCUT2D eigenvalue weighted by atomic mass is 9.92. The lowest BCUT2D eigenvalue weighted by Crippen LogP contribution is -2.41. The molecule has 1 saturated carbocycles. The van der Waals surface area contributed by atoms with E-state index in [-0.39, 0.29) is 38.7 Å². The van der Waals surface area contributed by atoms with Crippen molar-refractivity contribution >= 4 is 58.2 Å². The Kier molecular flexibility index (Phi) is 6.67. The molecule has 11 heteroatoms. The number of amides is 1. The number of aromatic nitrogens is 1. The standard InChI is InChI=1S/C23H18Cl2N4O5/c24-14-9-26-10-15(25)17(14)22(32)28-13-6-4-11(5-7-13)8-16(23(33)34)29-19-18(20(30)21(19)31)27-12-2-1-3-12/h4-10,12,27,29H,1-3H2,(H,28,32)(H,33,34). The number of carboxylic acids is 1. The van der Waals surface area contributed by atoms with E-state index in [0.717, 1.165) is 19.3 Å². The van der Waals surface area contributed by atoms with Crippen molar-refractivity contribution in [3.63, 3.8) is 0 Å². The number of nitrogens with zero attached hydrogens (tertiary/aromatic N) is 1. The van der Waals surface area contributed by atoms with Gasteiger partial charge in [-0.05, 0) is 43.0 Å². The Morgan fingerprint density at radius 1 is 0.971 bits per heavy atom. The van der Waals surface area contributed by atoms with Crippen LogP contribution < -0.4 is 26.8 Å². The van der Waals surface area contributed by atoms with Crippen molar-refractivity contribution in [2.45, 2.75) is 25.3 Å². The second-order valence-electron chi connectivity index (χ2n) is 7.72. The highest BCUT2D eigenvalue weighted by molar-refractivity contribution is 6.40. The van der Waals surface area contributed by atoms with Crippen molar-refractivity contribution in [3.05, 3.63) is 84.0 Å². The predicted molar refractivity (Wildman–Crippen MR) is 131 cm³/mol. The van der Waals surface area contributed by atoms with Crippen molar-refractivity contribution < 1.29 is 14.7 Å². The van der Waals surface area contributed by atoms with Gasteiger partial charge in [0.1, 0.15) is 17.1 Å². The summed E-state index contributed by atoms with van der Waals surface area (Å²) >= 11 is 12.0. The van der Waals surface area contributed by atoms with E-state index in [9.17, 15) is 24.3 Å². The van der Waals surface area contributed by atoms with Gasteiger partial charge >= 0.3 is 5.97 Å². The number of hydrogen-bond donors (Lipinski definition) is 4. The molecule has 1 fully saturated rings. The van der Waals surface area contributed by atoms with Crippen molar-refractivity contribution in [2.75, 3.05) is 16.0 Å². The topological polar surface area (TPSA) is 137 Å². The summed E-state index contributed by atoms with van der Waals surface area (Å²) < 4.78 is 0. The van der Waals surface area contributed by atoms with Crippen molar-refractivity contribution in [1.82, 2.24) is 4.98 Å². The molecule has 34 heavy (non-hydrogen) atoms. The first-order chi connectivity index (χ1) is 16.2. The lowest BCUT2D eigenvalue weighted by Gasteiger charge is -2.28. The Labute approximate surface area is 203 Å². The van der Waals surface area contributed by atoms with Gasteiger partial charge in [0.15, 0.2) is 0 Å². The Bertz CT molecular complexity index is 1350. The van der Waals surface area contributed by atoms with E-state index in [0.29, 0.717) is 11.3 Å². The number of nitrogens with one attached hydrogen (secondary N) is 3. The van der Waals surface area contributed by atoms with E-state index in [2.05, 4.69) is 20.9 Å². The molecule has 0 spiro atoms. The first-order valence-electron chi connectivity index (χ1n) is 10.3. The number of hydrogen-bond acceptors (Lipinski definition) is 7. The maximum atomic E-state index is 12.5. The summed E-state index contributed by atoms with van der Waals surface area (Å²) in [7, 11) is 0. The molecule has 1 aliphatic carbocycles. The highest BCUT2D eigenvalue weighted by Gasteiger charge is 2.27. The summed E-state index contributed by atoms with van der Waals surface area (Å²) in [5.41, 5.74) is -0.654. The second-order valence-corrected chi connectivity index (χ2v) is 8.54. The highest BCUT2D eigenvalue weighted by atomic mass is 35.5. The van der Waals surface area contributed by atoms with Gasteiger partial charge < -0.3 is 21.1 Å². The fourth-order valence-electron chi connectivity index (χ4n) is 3.34. The van der Waals surface area contributed by atoms with Crippen LogP contribution in [0.2, 0.25) is 10.0 Å². The Hall–Kier alpha value is -3.69. The van der Waals surface area contributed by atoms with Gasteiger partial charge in [-0.1, -0.05) is 35.3 Å². The van der Waals surface area contributed by atoms with Crippen LogP contribution in [0.25, 0.3) is 6.08 Å². The van der Waals surface area contributed by atoms with Gasteiger partial charge in [0.2, 0.25) is 0 Å². The summed E-state index contributed by atoms with van der Waals surface area (Å²) in [5.74, 6) is -1.83. The summed E-state index contributed by atoms with van der Waals surface area (Å²) in [5, 5.41) is 18.0. The van der Waals surface area contributed by atoms with Gasteiger partial charge in [-0.2, -0.15) is 0 Å². The molecule has 174 valence electrons. The van der Waals surface area contributed by atoms with Gasteiger partial charge in [0, 0.05) is 24.1 Å². The Balaban J connectivity index is 1.50. The lowest BCUT2D eigenvalue weighted by molar-refractivity contribution is -0.132. The van der Waals surface area contributed by atoms with E-state index in [4.69, 9.17) is 23.2 Å².